The fourth-order valence-corrected chi connectivity index (χ4v) is 3.48. The van der Waals surface area contributed by atoms with Gasteiger partial charge in [0.15, 0.2) is 0 Å². The van der Waals surface area contributed by atoms with E-state index in [1.807, 2.05) is 11.8 Å². The summed E-state index contributed by atoms with van der Waals surface area (Å²) in [5.41, 5.74) is 1.01. The van der Waals surface area contributed by atoms with Crippen molar-refractivity contribution in [2.24, 2.45) is 0 Å². The highest BCUT2D eigenvalue weighted by Gasteiger charge is 2.29. The van der Waals surface area contributed by atoms with Gasteiger partial charge in [-0.25, -0.2) is 9.97 Å². The number of hydrogen-bond donors (Lipinski definition) is 0. The number of anilines is 1. The molecule has 6 nitrogen and oxygen atoms in total. The third kappa shape index (κ3) is 3.26. The number of aryl methyl sites for hydroxylation is 1. The molecule has 1 aliphatic heterocycles. The summed E-state index contributed by atoms with van der Waals surface area (Å²) in [4.78, 5) is 10.5. The lowest BCUT2D eigenvalue weighted by Crippen LogP contribution is -2.26. The number of benzene rings is 1. The molecule has 1 unspecified atom stereocenters. The van der Waals surface area contributed by atoms with Crippen LogP contribution in [0.2, 0.25) is 0 Å². The molecule has 1 saturated heterocycles. The molecule has 2 aromatic rings. The van der Waals surface area contributed by atoms with Crippen LogP contribution < -0.4 is 4.90 Å². The Labute approximate surface area is 129 Å². The number of rotatable bonds is 4. The molecule has 0 N–H and O–H groups in total. The van der Waals surface area contributed by atoms with Crippen LogP contribution >= 0.6 is 0 Å². The van der Waals surface area contributed by atoms with Crippen LogP contribution in [0.5, 0.6) is 0 Å². The lowest BCUT2D eigenvalue weighted by molar-refractivity contribution is 0.232. The van der Waals surface area contributed by atoms with Crippen molar-refractivity contribution < 1.29 is 12.6 Å². The zero-order valence-corrected chi connectivity index (χ0v) is 13.0. The van der Waals surface area contributed by atoms with Gasteiger partial charge in [-0.1, -0.05) is 17.7 Å². The summed E-state index contributed by atoms with van der Waals surface area (Å²) in [6, 6.07) is 8.40. The van der Waals surface area contributed by atoms with Gasteiger partial charge in [0, 0.05) is 25.5 Å². The van der Waals surface area contributed by atoms with E-state index in [4.69, 9.17) is 4.18 Å². The lowest BCUT2D eigenvalue weighted by Gasteiger charge is -2.16. The Morgan fingerprint density at radius 2 is 1.86 bits per heavy atom. The second kappa shape index (κ2) is 6.02. The highest BCUT2D eigenvalue weighted by atomic mass is 32.2. The largest absolute Gasteiger partial charge is 0.338 e. The highest BCUT2D eigenvalue weighted by Crippen LogP contribution is 2.22. The van der Waals surface area contributed by atoms with Crippen LogP contribution in [0.3, 0.4) is 0 Å². The molecule has 1 fully saturated rings. The maximum atomic E-state index is 12.3. The van der Waals surface area contributed by atoms with Crippen molar-refractivity contribution in [3.05, 3.63) is 48.3 Å². The van der Waals surface area contributed by atoms with E-state index in [0.29, 0.717) is 25.5 Å². The van der Waals surface area contributed by atoms with E-state index in [9.17, 15) is 8.42 Å². The third-order valence-electron chi connectivity index (χ3n) is 3.55. The van der Waals surface area contributed by atoms with Crippen LogP contribution in [0.1, 0.15) is 12.0 Å². The Morgan fingerprint density at radius 1 is 1.18 bits per heavy atom. The predicted octanol–water partition coefficient (Wildman–Crippen LogP) is 1.77. The molecule has 1 atom stereocenters. The first-order chi connectivity index (χ1) is 10.5. The SMILES string of the molecule is Cc1ccc(S(=O)(=O)OC2CCN(c3ncccn3)C2)cc1. The van der Waals surface area contributed by atoms with Gasteiger partial charge in [0.2, 0.25) is 5.95 Å². The van der Waals surface area contributed by atoms with E-state index in [1.165, 1.54) is 0 Å². The van der Waals surface area contributed by atoms with Crippen molar-refractivity contribution in [2.75, 3.05) is 18.0 Å². The van der Waals surface area contributed by atoms with Gasteiger partial charge >= 0.3 is 0 Å². The Morgan fingerprint density at radius 3 is 2.55 bits per heavy atom. The molecule has 0 bridgehead atoms. The smallest absolute Gasteiger partial charge is 0.297 e. The molecule has 1 aliphatic rings. The molecule has 0 amide bonds. The summed E-state index contributed by atoms with van der Waals surface area (Å²) in [5, 5.41) is 0. The molecule has 0 saturated carbocycles. The van der Waals surface area contributed by atoms with Gasteiger partial charge in [-0.3, -0.25) is 4.18 Å². The predicted molar refractivity (Wildman–Crippen MR) is 82.1 cm³/mol. The minimum atomic E-state index is -3.73. The summed E-state index contributed by atoms with van der Waals surface area (Å²) >= 11 is 0. The average molecular weight is 319 g/mol. The maximum Gasteiger partial charge on any atom is 0.297 e. The topological polar surface area (TPSA) is 72.4 Å². The first-order valence-electron chi connectivity index (χ1n) is 7.06. The zero-order chi connectivity index (χ0) is 15.6. The summed E-state index contributed by atoms with van der Waals surface area (Å²) in [5.74, 6) is 0.598. The second-order valence-corrected chi connectivity index (χ2v) is 6.84. The van der Waals surface area contributed by atoms with E-state index >= 15 is 0 Å². The molecule has 0 radical (unpaired) electrons. The van der Waals surface area contributed by atoms with Crippen molar-refractivity contribution in [2.45, 2.75) is 24.3 Å². The Kier molecular flexibility index (Phi) is 4.08. The zero-order valence-electron chi connectivity index (χ0n) is 12.2. The van der Waals surface area contributed by atoms with Gasteiger partial charge in [-0.2, -0.15) is 8.42 Å². The minimum absolute atomic E-state index is 0.188. The monoisotopic (exact) mass is 319 g/mol. The highest BCUT2D eigenvalue weighted by molar-refractivity contribution is 7.86. The summed E-state index contributed by atoms with van der Waals surface area (Å²) in [6.07, 6.45) is 3.58. The second-order valence-electron chi connectivity index (χ2n) is 5.27. The summed E-state index contributed by atoms with van der Waals surface area (Å²) in [7, 11) is -3.73. The van der Waals surface area contributed by atoms with Crippen LogP contribution in [0, 0.1) is 6.92 Å². The third-order valence-corrected chi connectivity index (χ3v) is 4.93. The molecule has 0 aliphatic carbocycles. The van der Waals surface area contributed by atoms with E-state index in [-0.39, 0.29) is 11.0 Å². The van der Waals surface area contributed by atoms with Crippen LogP contribution in [-0.4, -0.2) is 37.6 Å². The normalized spacial score (nSPS) is 18.6. The Balaban J connectivity index is 1.68. The quantitative estimate of drug-likeness (QED) is 0.800. The molecule has 116 valence electrons. The molecule has 3 rings (SSSR count). The standard InChI is InChI=1S/C15H17N3O3S/c1-12-3-5-14(6-4-12)22(19,20)21-13-7-10-18(11-13)15-16-8-2-9-17-15/h2-6,8-9,13H,7,10-11H2,1H3. The summed E-state index contributed by atoms with van der Waals surface area (Å²) < 4.78 is 29.9. The summed E-state index contributed by atoms with van der Waals surface area (Å²) in [6.45, 7) is 3.05. The first kappa shape index (κ1) is 14.9. The van der Waals surface area contributed by atoms with E-state index in [2.05, 4.69) is 9.97 Å². The average Bonchev–Trinajstić information content (AvgIpc) is 2.96. The van der Waals surface area contributed by atoms with Crippen LogP contribution in [0.15, 0.2) is 47.6 Å². The van der Waals surface area contributed by atoms with Gasteiger partial charge in [0.25, 0.3) is 10.1 Å². The molecular weight excluding hydrogens is 302 g/mol. The van der Waals surface area contributed by atoms with Gasteiger partial charge < -0.3 is 4.90 Å². The Hall–Kier alpha value is -1.99. The minimum Gasteiger partial charge on any atom is -0.338 e. The number of nitrogens with zero attached hydrogens (tertiary/aromatic N) is 3. The molecule has 7 heteroatoms. The fraction of sp³-hybridized carbons (Fsp3) is 0.333. The molecule has 22 heavy (non-hydrogen) atoms. The van der Waals surface area contributed by atoms with Crippen LogP contribution in [0.4, 0.5) is 5.95 Å². The van der Waals surface area contributed by atoms with Crippen molar-refractivity contribution in [1.82, 2.24) is 9.97 Å². The lowest BCUT2D eigenvalue weighted by atomic mass is 10.2. The number of aromatic nitrogens is 2. The van der Waals surface area contributed by atoms with Gasteiger partial charge in [0.1, 0.15) is 0 Å². The fourth-order valence-electron chi connectivity index (χ4n) is 2.38. The maximum absolute atomic E-state index is 12.3. The first-order valence-corrected chi connectivity index (χ1v) is 8.47. The molecule has 0 spiro atoms. The van der Waals surface area contributed by atoms with Gasteiger partial charge in [-0.05, 0) is 31.5 Å². The van der Waals surface area contributed by atoms with Gasteiger partial charge in [0.05, 0.1) is 11.0 Å². The molecule has 1 aromatic heterocycles. The van der Waals surface area contributed by atoms with Gasteiger partial charge in [-0.15, -0.1) is 0 Å². The van der Waals surface area contributed by atoms with Crippen LogP contribution in [0.25, 0.3) is 0 Å². The molecule has 2 heterocycles. The number of hydrogen-bond acceptors (Lipinski definition) is 6. The van der Waals surface area contributed by atoms with E-state index < -0.39 is 10.1 Å². The van der Waals surface area contributed by atoms with E-state index in [1.54, 1.807) is 42.7 Å². The van der Waals surface area contributed by atoms with Crippen molar-refractivity contribution in [3.63, 3.8) is 0 Å². The van der Waals surface area contributed by atoms with Crippen molar-refractivity contribution >= 4 is 16.1 Å². The van der Waals surface area contributed by atoms with Crippen LogP contribution in [-0.2, 0) is 14.3 Å². The molecule has 1 aromatic carbocycles. The van der Waals surface area contributed by atoms with E-state index in [0.717, 1.165) is 5.56 Å². The van der Waals surface area contributed by atoms with Crippen molar-refractivity contribution in [3.8, 4) is 0 Å². The van der Waals surface area contributed by atoms with Crippen molar-refractivity contribution in [1.29, 1.82) is 0 Å². The molecular formula is C15H17N3O3S. The Bertz CT molecular complexity index is 732.